The first-order chi connectivity index (χ1) is 10.1. The zero-order chi connectivity index (χ0) is 15.6. The lowest BCUT2D eigenvalue weighted by Crippen LogP contribution is -2.51. The highest BCUT2D eigenvalue weighted by molar-refractivity contribution is 5.69. The van der Waals surface area contributed by atoms with Crippen molar-refractivity contribution in [1.29, 1.82) is 0 Å². The SMILES string of the molecule is CCCCCCCC(=O)OCC[N+](C)(C)C1CCCCC1. The minimum atomic E-state index is -0.00450. The molecule has 0 heterocycles. The fraction of sp³-hybridized carbons (Fsp3) is 0.944. The number of ether oxygens (including phenoxy) is 1. The highest BCUT2D eigenvalue weighted by atomic mass is 16.5. The van der Waals surface area contributed by atoms with Gasteiger partial charge in [-0.3, -0.25) is 4.79 Å². The number of rotatable bonds is 10. The van der Waals surface area contributed by atoms with E-state index in [0.29, 0.717) is 13.0 Å². The van der Waals surface area contributed by atoms with Gasteiger partial charge in [-0.25, -0.2) is 0 Å². The van der Waals surface area contributed by atoms with E-state index < -0.39 is 0 Å². The van der Waals surface area contributed by atoms with Gasteiger partial charge in [-0.05, 0) is 32.1 Å². The first-order valence-electron chi connectivity index (χ1n) is 9.04. The molecular formula is C18H36NO2+. The number of carbonyl (C=O) groups is 1. The Bertz CT molecular complexity index is 283. The molecule has 0 atom stereocenters. The summed E-state index contributed by atoms with van der Waals surface area (Å²) < 4.78 is 6.42. The van der Waals surface area contributed by atoms with Gasteiger partial charge in [-0.2, -0.15) is 0 Å². The molecular weight excluding hydrogens is 262 g/mol. The number of likely N-dealkylation sites (N-methyl/N-ethyl adjacent to an activating group) is 1. The van der Waals surface area contributed by atoms with Crippen molar-refractivity contribution in [2.45, 2.75) is 83.6 Å². The van der Waals surface area contributed by atoms with Crippen molar-refractivity contribution < 1.29 is 14.0 Å². The molecule has 0 radical (unpaired) electrons. The maximum atomic E-state index is 11.7. The number of carbonyl (C=O) groups excluding carboxylic acids is 1. The van der Waals surface area contributed by atoms with Crippen LogP contribution in [0.15, 0.2) is 0 Å². The van der Waals surface area contributed by atoms with Crippen LogP contribution in [0.1, 0.15) is 77.6 Å². The second-order valence-corrected chi connectivity index (χ2v) is 7.18. The molecule has 0 saturated heterocycles. The van der Waals surface area contributed by atoms with Crippen LogP contribution in [0.25, 0.3) is 0 Å². The molecule has 0 spiro atoms. The smallest absolute Gasteiger partial charge is 0.305 e. The van der Waals surface area contributed by atoms with Crippen LogP contribution in [-0.2, 0) is 9.53 Å². The van der Waals surface area contributed by atoms with Crippen molar-refractivity contribution >= 4 is 5.97 Å². The van der Waals surface area contributed by atoms with Gasteiger partial charge < -0.3 is 9.22 Å². The Hall–Kier alpha value is -0.570. The summed E-state index contributed by atoms with van der Waals surface area (Å²) in [6.07, 6.45) is 13.3. The third kappa shape index (κ3) is 7.85. The number of nitrogens with zero attached hydrogens (tertiary/aromatic N) is 1. The molecule has 0 aliphatic heterocycles. The van der Waals surface area contributed by atoms with Crippen molar-refractivity contribution in [3.63, 3.8) is 0 Å². The van der Waals surface area contributed by atoms with E-state index >= 15 is 0 Å². The Labute approximate surface area is 131 Å². The summed E-state index contributed by atoms with van der Waals surface area (Å²) in [5.41, 5.74) is 0. The molecule has 0 aromatic heterocycles. The summed E-state index contributed by atoms with van der Waals surface area (Å²) in [6, 6.07) is 0.756. The van der Waals surface area contributed by atoms with E-state index in [4.69, 9.17) is 4.74 Å². The summed E-state index contributed by atoms with van der Waals surface area (Å²) >= 11 is 0. The number of unbranched alkanes of at least 4 members (excludes halogenated alkanes) is 4. The lowest BCUT2D eigenvalue weighted by molar-refractivity contribution is -0.916. The second-order valence-electron chi connectivity index (χ2n) is 7.18. The minimum absolute atomic E-state index is 0.00450. The van der Waals surface area contributed by atoms with Crippen LogP contribution < -0.4 is 0 Å². The lowest BCUT2D eigenvalue weighted by Gasteiger charge is -2.40. The first-order valence-corrected chi connectivity index (χ1v) is 9.04. The predicted octanol–water partition coefficient (Wildman–Crippen LogP) is 4.30. The van der Waals surface area contributed by atoms with E-state index in [9.17, 15) is 4.79 Å². The number of quaternary nitrogens is 1. The van der Waals surface area contributed by atoms with Crippen LogP contribution in [0.5, 0.6) is 0 Å². The zero-order valence-electron chi connectivity index (χ0n) is 14.5. The highest BCUT2D eigenvalue weighted by Gasteiger charge is 2.29. The third-order valence-electron chi connectivity index (χ3n) is 4.98. The van der Waals surface area contributed by atoms with Crippen LogP contribution in [0.4, 0.5) is 0 Å². The van der Waals surface area contributed by atoms with Crippen molar-refractivity contribution in [3.8, 4) is 0 Å². The highest BCUT2D eigenvalue weighted by Crippen LogP contribution is 2.25. The number of esters is 1. The number of hydrogen-bond donors (Lipinski definition) is 0. The number of hydrogen-bond acceptors (Lipinski definition) is 2. The molecule has 0 unspecified atom stereocenters. The monoisotopic (exact) mass is 298 g/mol. The molecule has 0 bridgehead atoms. The van der Waals surface area contributed by atoms with E-state index in [2.05, 4.69) is 21.0 Å². The fourth-order valence-corrected chi connectivity index (χ4v) is 3.30. The zero-order valence-corrected chi connectivity index (χ0v) is 14.5. The first kappa shape index (κ1) is 18.5. The standard InChI is InChI=1S/C18H36NO2/c1-4-5-6-7-11-14-18(20)21-16-15-19(2,3)17-12-9-8-10-13-17/h17H,4-16H2,1-3H3/q+1. The van der Waals surface area contributed by atoms with E-state index in [1.54, 1.807) is 0 Å². The van der Waals surface area contributed by atoms with Gasteiger partial charge in [0.15, 0.2) is 0 Å². The van der Waals surface area contributed by atoms with Crippen LogP contribution in [0.2, 0.25) is 0 Å². The average molecular weight is 298 g/mol. The van der Waals surface area contributed by atoms with Crippen molar-refractivity contribution in [2.24, 2.45) is 0 Å². The van der Waals surface area contributed by atoms with Gasteiger partial charge >= 0.3 is 5.97 Å². The van der Waals surface area contributed by atoms with Crippen molar-refractivity contribution in [1.82, 2.24) is 0 Å². The van der Waals surface area contributed by atoms with Gasteiger partial charge in [0, 0.05) is 6.42 Å². The molecule has 1 saturated carbocycles. The Kier molecular flexibility index (Phi) is 8.98. The molecule has 1 aliphatic carbocycles. The third-order valence-corrected chi connectivity index (χ3v) is 4.98. The molecule has 1 rings (SSSR count). The van der Waals surface area contributed by atoms with E-state index in [1.165, 1.54) is 51.4 Å². The van der Waals surface area contributed by atoms with Gasteiger partial charge in [0.05, 0.1) is 20.1 Å². The molecule has 1 fully saturated rings. The van der Waals surface area contributed by atoms with Gasteiger partial charge in [0.1, 0.15) is 13.2 Å². The largest absolute Gasteiger partial charge is 0.460 e. The molecule has 0 aromatic carbocycles. The summed E-state index contributed by atoms with van der Waals surface area (Å²) in [7, 11) is 4.57. The summed E-state index contributed by atoms with van der Waals surface area (Å²) in [5.74, 6) is -0.00450. The lowest BCUT2D eigenvalue weighted by atomic mass is 9.93. The van der Waals surface area contributed by atoms with E-state index in [1.807, 2.05) is 0 Å². The molecule has 21 heavy (non-hydrogen) atoms. The van der Waals surface area contributed by atoms with Crippen LogP contribution in [-0.4, -0.2) is 43.7 Å². The van der Waals surface area contributed by atoms with Gasteiger partial charge in [-0.15, -0.1) is 0 Å². The quantitative estimate of drug-likeness (QED) is 0.341. The Morgan fingerprint density at radius 1 is 1.05 bits per heavy atom. The summed E-state index contributed by atoms with van der Waals surface area (Å²) in [6.45, 7) is 3.74. The van der Waals surface area contributed by atoms with Gasteiger partial charge in [-0.1, -0.05) is 39.0 Å². The second kappa shape index (κ2) is 10.2. The Morgan fingerprint density at radius 3 is 2.38 bits per heavy atom. The molecule has 0 aromatic rings. The Morgan fingerprint density at radius 2 is 1.71 bits per heavy atom. The molecule has 1 aliphatic rings. The predicted molar refractivity (Wildman–Crippen MR) is 88.2 cm³/mol. The molecule has 124 valence electrons. The van der Waals surface area contributed by atoms with Crippen molar-refractivity contribution in [2.75, 3.05) is 27.2 Å². The summed E-state index contributed by atoms with van der Waals surface area (Å²) in [5, 5.41) is 0. The average Bonchev–Trinajstić information content (AvgIpc) is 2.48. The molecule has 0 amide bonds. The molecule has 0 N–H and O–H groups in total. The Balaban J connectivity index is 2.09. The maximum absolute atomic E-state index is 11.7. The van der Waals surface area contributed by atoms with E-state index in [0.717, 1.165) is 29.9 Å². The normalized spacial score (nSPS) is 16.9. The van der Waals surface area contributed by atoms with Crippen LogP contribution >= 0.6 is 0 Å². The van der Waals surface area contributed by atoms with Crippen LogP contribution in [0, 0.1) is 0 Å². The summed E-state index contributed by atoms with van der Waals surface area (Å²) in [4.78, 5) is 11.7. The molecule has 3 nitrogen and oxygen atoms in total. The van der Waals surface area contributed by atoms with Gasteiger partial charge in [0.2, 0.25) is 0 Å². The fourth-order valence-electron chi connectivity index (χ4n) is 3.30. The van der Waals surface area contributed by atoms with E-state index in [-0.39, 0.29) is 5.97 Å². The van der Waals surface area contributed by atoms with Crippen LogP contribution in [0.3, 0.4) is 0 Å². The topological polar surface area (TPSA) is 26.3 Å². The minimum Gasteiger partial charge on any atom is -0.460 e. The van der Waals surface area contributed by atoms with Crippen molar-refractivity contribution in [3.05, 3.63) is 0 Å². The molecule has 3 heteroatoms. The maximum Gasteiger partial charge on any atom is 0.305 e. The van der Waals surface area contributed by atoms with Gasteiger partial charge in [0.25, 0.3) is 0 Å².